The number of fused-ring (bicyclic) bond motifs is 2. The van der Waals surface area contributed by atoms with Crippen LogP contribution in [-0.2, 0) is 6.54 Å². The smallest absolute Gasteiger partial charge is 0.196 e. The Hall–Kier alpha value is -2.94. The summed E-state index contributed by atoms with van der Waals surface area (Å²) >= 11 is 0. The van der Waals surface area contributed by atoms with Gasteiger partial charge in [-0.1, -0.05) is 13.8 Å². The third kappa shape index (κ3) is 4.09. The van der Waals surface area contributed by atoms with Crippen LogP contribution in [0.1, 0.15) is 29.8 Å². The van der Waals surface area contributed by atoms with Crippen LogP contribution in [0.2, 0.25) is 0 Å². The van der Waals surface area contributed by atoms with Crippen molar-refractivity contribution < 1.29 is 15.0 Å². The van der Waals surface area contributed by atoms with Gasteiger partial charge in [-0.2, -0.15) is 5.10 Å². The summed E-state index contributed by atoms with van der Waals surface area (Å²) in [5.74, 6) is 0.0577. The highest BCUT2D eigenvalue weighted by molar-refractivity contribution is 6.27. The van der Waals surface area contributed by atoms with E-state index in [1.807, 2.05) is 16.8 Å². The van der Waals surface area contributed by atoms with E-state index in [1.54, 1.807) is 18.2 Å². The molecule has 1 aliphatic rings. The molecular weight excluding hydrogens is 406 g/mol. The Kier molecular flexibility index (Phi) is 6.74. The van der Waals surface area contributed by atoms with Crippen molar-refractivity contribution in [2.24, 2.45) is 0 Å². The minimum Gasteiger partial charge on any atom is -0.508 e. The summed E-state index contributed by atoms with van der Waals surface area (Å²) in [6.07, 6.45) is 0. The standard InChI is InChI=1S/C24H31N5O3/c1-3-28(4-2)12-13-29-20-8-7-19(26-10-9-25-11-14-30)21-22(20)23(27-29)18-15-16(31)5-6-17(18)24(21)32/h5-8,15,25-26,30-31H,3-4,9-14H2,1-2H3. The molecule has 0 bridgehead atoms. The van der Waals surface area contributed by atoms with E-state index in [-0.39, 0.29) is 18.1 Å². The van der Waals surface area contributed by atoms with E-state index in [9.17, 15) is 9.90 Å². The average molecular weight is 438 g/mol. The second kappa shape index (κ2) is 9.68. The third-order valence-electron chi connectivity index (χ3n) is 6.08. The summed E-state index contributed by atoms with van der Waals surface area (Å²) in [5.41, 5.74) is 4.30. The SMILES string of the molecule is CCN(CC)CCn1nc2c3c(c(NCCNCCO)ccc31)C(=O)c1ccc(O)cc1-2. The number of hydrogen-bond donors (Lipinski definition) is 4. The number of carbonyl (C=O) groups excluding carboxylic acids is 1. The lowest BCUT2D eigenvalue weighted by atomic mass is 9.86. The van der Waals surface area contributed by atoms with Gasteiger partial charge in [-0.3, -0.25) is 9.48 Å². The van der Waals surface area contributed by atoms with Crippen molar-refractivity contribution in [3.05, 3.63) is 41.5 Å². The number of aromatic nitrogens is 2. The third-order valence-corrected chi connectivity index (χ3v) is 6.08. The van der Waals surface area contributed by atoms with Crippen molar-refractivity contribution in [3.8, 4) is 17.0 Å². The van der Waals surface area contributed by atoms with Crippen LogP contribution < -0.4 is 10.6 Å². The van der Waals surface area contributed by atoms with Crippen molar-refractivity contribution in [1.29, 1.82) is 0 Å². The largest absolute Gasteiger partial charge is 0.508 e. The van der Waals surface area contributed by atoms with Gasteiger partial charge in [-0.05, 0) is 43.4 Å². The fourth-order valence-corrected chi connectivity index (χ4v) is 4.34. The zero-order chi connectivity index (χ0) is 22.7. The number of benzene rings is 2. The molecule has 0 unspecified atom stereocenters. The number of likely N-dealkylation sites (N-methyl/N-ethyl adjacent to an activating group) is 1. The number of carbonyl (C=O) groups is 1. The molecule has 0 aliphatic heterocycles. The molecular formula is C24H31N5O3. The minimum atomic E-state index is -0.0628. The number of phenols is 1. The van der Waals surface area contributed by atoms with Gasteiger partial charge in [0.1, 0.15) is 11.4 Å². The number of phenolic OH excluding ortho intramolecular Hbond substituents is 1. The lowest BCUT2D eigenvalue weighted by Gasteiger charge is -2.19. The molecule has 1 aliphatic carbocycles. The van der Waals surface area contributed by atoms with Gasteiger partial charge in [0.05, 0.1) is 24.2 Å². The summed E-state index contributed by atoms with van der Waals surface area (Å²) in [7, 11) is 0. The number of anilines is 1. The monoisotopic (exact) mass is 437 g/mol. The molecule has 4 N–H and O–H groups in total. The first kappa shape index (κ1) is 22.3. The predicted molar refractivity (Wildman–Crippen MR) is 126 cm³/mol. The highest BCUT2D eigenvalue weighted by Gasteiger charge is 2.31. The molecule has 0 atom stereocenters. The average Bonchev–Trinajstić information content (AvgIpc) is 3.17. The molecule has 0 fully saturated rings. The van der Waals surface area contributed by atoms with Crippen LogP contribution in [0, 0.1) is 0 Å². The van der Waals surface area contributed by atoms with Gasteiger partial charge in [0.15, 0.2) is 5.78 Å². The van der Waals surface area contributed by atoms with E-state index in [0.29, 0.717) is 36.3 Å². The number of rotatable bonds is 11. The first-order valence-corrected chi connectivity index (χ1v) is 11.3. The van der Waals surface area contributed by atoms with E-state index < -0.39 is 0 Å². The van der Waals surface area contributed by atoms with Crippen molar-refractivity contribution in [3.63, 3.8) is 0 Å². The number of ketones is 1. The molecule has 32 heavy (non-hydrogen) atoms. The molecule has 0 saturated carbocycles. The highest BCUT2D eigenvalue weighted by atomic mass is 16.3. The fraction of sp³-hybridized carbons (Fsp3) is 0.417. The first-order valence-electron chi connectivity index (χ1n) is 11.3. The van der Waals surface area contributed by atoms with Crippen LogP contribution in [0.3, 0.4) is 0 Å². The molecule has 2 aromatic carbocycles. The van der Waals surface area contributed by atoms with Gasteiger partial charge in [0.25, 0.3) is 0 Å². The molecule has 0 spiro atoms. The van der Waals surface area contributed by atoms with Gasteiger partial charge < -0.3 is 25.7 Å². The maximum absolute atomic E-state index is 13.5. The van der Waals surface area contributed by atoms with Crippen LogP contribution in [0.25, 0.3) is 22.2 Å². The summed E-state index contributed by atoms with van der Waals surface area (Å²) in [6.45, 7) is 9.76. The van der Waals surface area contributed by atoms with Crippen LogP contribution in [0.4, 0.5) is 5.69 Å². The normalized spacial score (nSPS) is 12.6. The van der Waals surface area contributed by atoms with E-state index in [2.05, 4.69) is 29.4 Å². The number of nitrogens with one attached hydrogen (secondary N) is 2. The lowest BCUT2D eigenvalue weighted by molar-refractivity contribution is 0.104. The molecule has 8 heteroatoms. The topological polar surface area (TPSA) is 103 Å². The molecule has 0 amide bonds. The quantitative estimate of drug-likeness (QED) is 0.267. The Morgan fingerprint density at radius 3 is 2.62 bits per heavy atom. The summed E-state index contributed by atoms with van der Waals surface area (Å²) in [5, 5.41) is 31.2. The highest BCUT2D eigenvalue weighted by Crippen LogP contribution is 2.42. The van der Waals surface area contributed by atoms with E-state index in [0.717, 1.165) is 48.5 Å². The van der Waals surface area contributed by atoms with Crippen LogP contribution in [-0.4, -0.2) is 76.6 Å². The van der Waals surface area contributed by atoms with Crippen molar-refractivity contribution in [1.82, 2.24) is 20.0 Å². The zero-order valence-electron chi connectivity index (χ0n) is 18.7. The Morgan fingerprint density at radius 2 is 1.88 bits per heavy atom. The molecule has 1 aromatic heterocycles. The second-order valence-corrected chi connectivity index (χ2v) is 7.94. The zero-order valence-corrected chi connectivity index (χ0v) is 18.7. The Morgan fingerprint density at radius 1 is 1.06 bits per heavy atom. The maximum atomic E-state index is 13.5. The van der Waals surface area contributed by atoms with E-state index >= 15 is 0 Å². The van der Waals surface area contributed by atoms with E-state index in [4.69, 9.17) is 10.2 Å². The summed E-state index contributed by atoms with van der Waals surface area (Å²) in [6, 6.07) is 8.82. The predicted octanol–water partition coefficient (Wildman–Crippen LogP) is 2.29. The summed E-state index contributed by atoms with van der Waals surface area (Å²) < 4.78 is 1.98. The number of aromatic hydroxyl groups is 1. The summed E-state index contributed by atoms with van der Waals surface area (Å²) in [4.78, 5) is 15.9. The molecule has 4 rings (SSSR count). The van der Waals surface area contributed by atoms with Gasteiger partial charge in [-0.25, -0.2) is 0 Å². The number of aliphatic hydroxyl groups is 1. The fourth-order valence-electron chi connectivity index (χ4n) is 4.34. The van der Waals surface area contributed by atoms with Crippen LogP contribution in [0.5, 0.6) is 5.75 Å². The van der Waals surface area contributed by atoms with Gasteiger partial charge in [0.2, 0.25) is 0 Å². The van der Waals surface area contributed by atoms with Crippen LogP contribution >= 0.6 is 0 Å². The Bertz CT molecular complexity index is 1120. The van der Waals surface area contributed by atoms with Gasteiger partial charge in [-0.15, -0.1) is 0 Å². The molecule has 170 valence electrons. The first-order chi connectivity index (χ1) is 15.6. The molecule has 1 heterocycles. The Labute approximate surface area is 187 Å². The van der Waals surface area contributed by atoms with Gasteiger partial charge >= 0.3 is 0 Å². The van der Waals surface area contributed by atoms with Crippen molar-refractivity contribution in [2.75, 3.05) is 51.2 Å². The van der Waals surface area contributed by atoms with Crippen molar-refractivity contribution in [2.45, 2.75) is 20.4 Å². The Balaban J connectivity index is 1.77. The number of aliphatic hydroxyl groups excluding tert-OH is 1. The maximum Gasteiger partial charge on any atom is 0.196 e. The molecule has 8 nitrogen and oxygen atoms in total. The minimum absolute atomic E-state index is 0.0628. The van der Waals surface area contributed by atoms with Crippen molar-refractivity contribution >= 4 is 22.4 Å². The number of hydrogen-bond acceptors (Lipinski definition) is 7. The second-order valence-electron chi connectivity index (χ2n) is 7.94. The molecule has 0 radical (unpaired) electrons. The molecule has 0 saturated heterocycles. The van der Waals surface area contributed by atoms with E-state index in [1.165, 1.54) is 0 Å². The lowest BCUT2D eigenvalue weighted by Crippen LogP contribution is -2.27. The van der Waals surface area contributed by atoms with Gasteiger partial charge in [0, 0.05) is 48.4 Å². The molecule has 3 aromatic rings. The number of nitrogens with zero attached hydrogens (tertiary/aromatic N) is 3. The van der Waals surface area contributed by atoms with Crippen LogP contribution in [0.15, 0.2) is 30.3 Å².